The number of nitrogens with one attached hydrogen (secondary N) is 1. The summed E-state index contributed by atoms with van der Waals surface area (Å²) in [5, 5.41) is 12.4. The van der Waals surface area contributed by atoms with Crippen LogP contribution in [0.2, 0.25) is 0 Å². The predicted octanol–water partition coefficient (Wildman–Crippen LogP) is 0.938. The zero-order valence-corrected chi connectivity index (χ0v) is 10.1. The Morgan fingerprint density at radius 1 is 1.44 bits per heavy atom. The standard InChI is InChI=1S/C12H23NO3/c1-2-16-12(15)6-7-13-8-10-4-3-5-11(10)9-14/h10-11,13-14H,2-9H2,1H3. The van der Waals surface area contributed by atoms with Gasteiger partial charge in [-0.2, -0.15) is 0 Å². The summed E-state index contributed by atoms with van der Waals surface area (Å²) in [5.74, 6) is 0.891. The molecule has 0 aliphatic heterocycles. The average molecular weight is 229 g/mol. The zero-order valence-electron chi connectivity index (χ0n) is 10.1. The first-order valence-electron chi connectivity index (χ1n) is 6.25. The first-order valence-corrected chi connectivity index (χ1v) is 6.25. The lowest BCUT2D eigenvalue weighted by Gasteiger charge is -2.17. The molecule has 94 valence electrons. The van der Waals surface area contributed by atoms with Crippen molar-refractivity contribution in [2.75, 3.05) is 26.3 Å². The molecule has 1 fully saturated rings. The maximum atomic E-state index is 11.1. The number of carbonyl (C=O) groups excluding carboxylic acids is 1. The molecule has 0 bridgehead atoms. The Morgan fingerprint density at radius 3 is 2.88 bits per heavy atom. The van der Waals surface area contributed by atoms with Crippen LogP contribution in [0.3, 0.4) is 0 Å². The molecular formula is C12H23NO3. The van der Waals surface area contributed by atoms with Crippen LogP contribution in [0.25, 0.3) is 0 Å². The number of ether oxygens (including phenoxy) is 1. The zero-order chi connectivity index (χ0) is 11.8. The SMILES string of the molecule is CCOC(=O)CCNCC1CCCC1CO. The van der Waals surface area contributed by atoms with Gasteiger partial charge in [0, 0.05) is 13.2 Å². The third-order valence-electron chi connectivity index (χ3n) is 3.27. The van der Waals surface area contributed by atoms with Gasteiger partial charge in [-0.25, -0.2) is 0 Å². The number of carbonyl (C=O) groups is 1. The molecule has 16 heavy (non-hydrogen) atoms. The van der Waals surface area contributed by atoms with Gasteiger partial charge in [0.05, 0.1) is 13.0 Å². The van der Waals surface area contributed by atoms with E-state index in [1.807, 2.05) is 6.92 Å². The second-order valence-electron chi connectivity index (χ2n) is 4.39. The third-order valence-corrected chi connectivity index (χ3v) is 3.27. The smallest absolute Gasteiger partial charge is 0.307 e. The van der Waals surface area contributed by atoms with Gasteiger partial charge in [0.1, 0.15) is 0 Å². The molecule has 4 nitrogen and oxygen atoms in total. The second-order valence-corrected chi connectivity index (χ2v) is 4.39. The van der Waals surface area contributed by atoms with Crippen molar-refractivity contribution < 1.29 is 14.6 Å². The largest absolute Gasteiger partial charge is 0.466 e. The van der Waals surface area contributed by atoms with Crippen molar-refractivity contribution >= 4 is 5.97 Å². The Hall–Kier alpha value is -0.610. The van der Waals surface area contributed by atoms with E-state index < -0.39 is 0 Å². The molecule has 2 N–H and O–H groups in total. The lowest BCUT2D eigenvalue weighted by atomic mass is 9.97. The van der Waals surface area contributed by atoms with Gasteiger partial charge in [0.15, 0.2) is 0 Å². The summed E-state index contributed by atoms with van der Waals surface area (Å²) >= 11 is 0. The molecule has 0 radical (unpaired) electrons. The number of hydrogen-bond donors (Lipinski definition) is 2. The Balaban J connectivity index is 2.04. The quantitative estimate of drug-likeness (QED) is 0.504. The van der Waals surface area contributed by atoms with Crippen molar-refractivity contribution in [2.45, 2.75) is 32.6 Å². The fourth-order valence-corrected chi connectivity index (χ4v) is 2.33. The third kappa shape index (κ3) is 4.49. The number of aliphatic hydroxyl groups is 1. The minimum Gasteiger partial charge on any atom is -0.466 e. The Labute approximate surface area is 97.4 Å². The molecule has 0 aromatic heterocycles. The van der Waals surface area contributed by atoms with Crippen molar-refractivity contribution in [3.63, 3.8) is 0 Å². The number of esters is 1. The lowest BCUT2D eigenvalue weighted by Crippen LogP contribution is -2.28. The molecule has 1 saturated carbocycles. The predicted molar refractivity (Wildman–Crippen MR) is 62.0 cm³/mol. The van der Waals surface area contributed by atoms with Gasteiger partial charge in [-0.15, -0.1) is 0 Å². The van der Waals surface area contributed by atoms with Gasteiger partial charge in [-0.3, -0.25) is 4.79 Å². The highest BCUT2D eigenvalue weighted by Crippen LogP contribution is 2.30. The van der Waals surface area contributed by atoms with Gasteiger partial charge >= 0.3 is 5.97 Å². The van der Waals surface area contributed by atoms with Gasteiger partial charge in [-0.05, 0) is 38.1 Å². The first kappa shape index (κ1) is 13.5. The Kier molecular flexibility index (Phi) is 6.42. The van der Waals surface area contributed by atoms with Crippen molar-refractivity contribution in [1.29, 1.82) is 0 Å². The van der Waals surface area contributed by atoms with Crippen molar-refractivity contribution in [1.82, 2.24) is 5.32 Å². The van der Waals surface area contributed by atoms with E-state index in [2.05, 4.69) is 5.32 Å². The van der Waals surface area contributed by atoms with Crippen molar-refractivity contribution in [3.8, 4) is 0 Å². The van der Waals surface area contributed by atoms with E-state index in [0.29, 0.717) is 38.0 Å². The summed E-state index contributed by atoms with van der Waals surface area (Å²) < 4.78 is 4.84. The summed E-state index contributed by atoms with van der Waals surface area (Å²) in [4.78, 5) is 11.1. The van der Waals surface area contributed by atoms with Crippen LogP contribution in [0.1, 0.15) is 32.6 Å². The summed E-state index contributed by atoms with van der Waals surface area (Å²) in [6.07, 6.45) is 3.98. The lowest BCUT2D eigenvalue weighted by molar-refractivity contribution is -0.142. The molecule has 0 aromatic rings. The minimum absolute atomic E-state index is 0.139. The summed E-state index contributed by atoms with van der Waals surface area (Å²) in [5.41, 5.74) is 0. The molecule has 1 aliphatic rings. The molecule has 0 heterocycles. The monoisotopic (exact) mass is 229 g/mol. The molecule has 2 unspecified atom stereocenters. The van der Waals surface area contributed by atoms with E-state index >= 15 is 0 Å². The van der Waals surface area contributed by atoms with E-state index in [4.69, 9.17) is 9.84 Å². The number of aliphatic hydroxyl groups excluding tert-OH is 1. The van der Waals surface area contributed by atoms with Crippen LogP contribution in [0.5, 0.6) is 0 Å². The van der Waals surface area contributed by atoms with Crippen molar-refractivity contribution in [2.24, 2.45) is 11.8 Å². The molecule has 0 amide bonds. The fraction of sp³-hybridized carbons (Fsp3) is 0.917. The van der Waals surface area contributed by atoms with E-state index in [0.717, 1.165) is 13.0 Å². The van der Waals surface area contributed by atoms with Crippen LogP contribution in [-0.2, 0) is 9.53 Å². The molecule has 1 rings (SSSR count). The highest BCUT2D eigenvalue weighted by Gasteiger charge is 2.25. The van der Waals surface area contributed by atoms with E-state index in [1.165, 1.54) is 12.8 Å². The van der Waals surface area contributed by atoms with Crippen LogP contribution in [0.4, 0.5) is 0 Å². The van der Waals surface area contributed by atoms with Crippen LogP contribution < -0.4 is 5.32 Å². The van der Waals surface area contributed by atoms with E-state index in [9.17, 15) is 4.79 Å². The normalized spacial score (nSPS) is 24.6. The first-order chi connectivity index (χ1) is 7.77. The van der Waals surface area contributed by atoms with Crippen molar-refractivity contribution in [3.05, 3.63) is 0 Å². The highest BCUT2D eigenvalue weighted by molar-refractivity contribution is 5.69. The maximum Gasteiger partial charge on any atom is 0.307 e. The van der Waals surface area contributed by atoms with Gasteiger partial charge in [-0.1, -0.05) is 6.42 Å². The van der Waals surface area contributed by atoms with E-state index in [-0.39, 0.29) is 5.97 Å². The summed E-state index contributed by atoms with van der Waals surface area (Å²) in [6.45, 7) is 4.14. The highest BCUT2D eigenvalue weighted by atomic mass is 16.5. The Bertz CT molecular complexity index is 208. The van der Waals surface area contributed by atoms with Gasteiger partial charge < -0.3 is 15.2 Å². The van der Waals surface area contributed by atoms with Gasteiger partial charge in [0.2, 0.25) is 0 Å². The minimum atomic E-state index is -0.139. The maximum absolute atomic E-state index is 11.1. The average Bonchev–Trinajstić information content (AvgIpc) is 2.72. The molecule has 1 aliphatic carbocycles. The Morgan fingerprint density at radius 2 is 2.19 bits per heavy atom. The van der Waals surface area contributed by atoms with Crippen LogP contribution >= 0.6 is 0 Å². The molecule has 4 heteroatoms. The van der Waals surface area contributed by atoms with Crippen LogP contribution in [0.15, 0.2) is 0 Å². The van der Waals surface area contributed by atoms with Gasteiger partial charge in [0.25, 0.3) is 0 Å². The van der Waals surface area contributed by atoms with Crippen LogP contribution in [0, 0.1) is 11.8 Å². The number of hydrogen-bond acceptors (Lipinski definition) is 4. The fourth-order valence-electron chi connectivity index (χ4n) is 2.33. The van der Waals surface area contributed by atoms with Crippen LogP contribution in [-0.4, -0.2) is 37.4 Å². The molecule has 0 aromatic carbocycles. The molecule has 2 atom stereocenters. The molecule has 0 spiro atoms. The molecule has 0 saturated heterocycles. The van der Waals surface area contributed by atoms with E-state index in [1.54, 1.807) is 0 Å². The second kappa shape index (κ2) is 7.63. The summed E-state index contributed by atoms with van der Waals surface area (Å²) in [7, 11) is 0. The number of rotatable bonds is 7. The molecular weight excluding hydrogens is 206 g/mol. The summed E-state index contributed by atoms with van der Waals surface area (Å²) in [6, 6.07) is 0. The topological polar surface area (TPSA) is 58.6 Å².